The maximum atomic E-state index is 11.6. The van der Waals surface area contributed by atoms with Crippen molar-refractivity contribution in [1.29, 1.82) is 0 Å². The van der Waals surface area contributed by atoms with E-state index >= 15 is 0 Å². The van der Waals surface area contributed by atoms with Gasteiger partial charge in [0.25, 0.3) is 5.91 Å². The van der Waals surface area contributed by atoms with Crippen LogP contribution in [0.4, 0.5) is 0 Å². The van der Waals surface area contributed by atoms with Gasteiger partial charge in [-0.1, -0.05) is 12.2 Å². The van der Waals surface area contributed by atoms with Gasteiger partial charge in [-0.15, -0.1) is 0 Å². The molecule has 0 unspecified atom stereocenters. The summed E-state index contributed by atoms with van der Waals surface area (Å²) in [7, 11) is 0. The minimum absolute atomic E-state index is 0.132. The molecule has 0 saturated heterocycles. The monoisotopic (exact) mass is 236 g/mol. The molecular formula is C12H16N2O3. The minimum Gasteiger partial charge on any atom is -0.505 e. The molecule has 1 rings (SSSR count). The Balaban J connectivity index is 2.31. The van der Waals surface area contributed by atoms with E-state index < -0.39 is 0 Å². The number of nitrogens with zero attached hydrogens (tertiary/aromatic N) is 1. The van der Waals surface area contributed by atoms with Crippen LogP contribution in [-0.2, 0) is 4.74 Å². The second-order valence-corrected chi connectivity index (χ2v) is 3.66. The largest absolute Gasteiger partial charge is 0.505 e. The molecule has 1 heterocycles. The lowest BCUT2D eigenvalue weighted by molar-refractivity contribution is 0.0924. The SMILES string of the molecule is C=C(C)COCCNC(=O)c1ccncc1O. The van der Waals surface area contributed by atoms with Gasteiger partial charge in [0.2, 0.25) is 0 Å². The van der Waals surface area contributed by atoms with Gasteiger partial charge in [0, 0.05) is 12.7 Å². The van der Waals surface area contributed by atoms with Gasteiger partial charge in [-0.25, -0.2) is 0 Å². The van der Waals surface area contributed by atoms with Crippen LogP contribution in [0.3, 0.4) is 0 Å². The quantitative estimate of drug-likeness (QED) is 0.573. The van der Waals surface area contributed by atoms with Crippen molar-refractivity contribution in [2.45, 2.75) is 6.92 Å². The van der Waals surface area contributed by atoms with Crippen molar-refractivity contribution in [3.8, 4) is 5.75 Å². The first-order valence-corrected chi connectivity index (χ1v) is 5.24. The zero-order valence-corrected chi connectivity index (χ0v) is 9.77. The van der Waals surface area contributed by atoms with E-state index in [0.717, 1.165) is 5.57 Å². The number of ether oxygens (including phenoxy) is 1. The molecule has 17 heavy (non-hydrogen) atoms. The van der Waals surface area contributed by atoms with Crippen LogP contribution in [0.5, 0.6) is 5.75 Å². The van der Waals surface area contributed by atoms with Crippen molar-refractivity contribution in [2.75, 3.05) is 19.8 Å². The summed E-state index contributed by atoms with van der Waals surface area (Å²) in [5.41, 5.74) is 1.14. The van der Waals surface area contributed by atoms with E-state index in [4.69, 9.17) is 4.74 Å². The molecule has 1 aromatic rings. The third-order valence-corrected chi connectivity index (χ3v) is 1.93. The molecule has 0 bridgehead atoms. The Bertz CT molecular complexity index is 404. The van der Waals surface area contributed by atoms with E-state index in [1.807, 2.05) is 6.92 Å². The number of carbonyl (C=O) groups is 1. The lowest BCUT2D eigenvalue weighted by Crippen LogP contribution is -2.27. The molecule has 0 aliphatic carbocycles. The average Bonchev–Trinajstić information content (AvgIpc) is 2.28. The number of aromatic hydroxyl groups is 1. The van der Waals surface area contributed by atoms with E-state index in [9.17, 15) is 9.90 Å². The van der Waals surface area contributed by atoms with Gasteiger partial charge in [0.15, 0.2) is 0 Å². The molecule has 2 N–H and O–H groups in total. The standard InChI is InChI=1S/C12H16N2O3/c1-9(2)8-17-6-5-14-12(16)10-3-4-13-7-11(10)15/h3-4,7,15H,1,5-6,8H2,2H3,(H,14,16). The molecule has 0 saturated carbocycles. The second-order valence-electron chi connectivity index (χ2n) is 3.66. The van der Waals surface area contributed by atoms with E-state index in [-0.39, 0.29) is 17.2 Å². The molecule has 0 aliphatic rings. The maximum Gasteiger partial charge on any atom is 0.255 e. The first-order valence-electron chi connectivity index (χ1n) is 5.24. The fourth-order valence-corrected chi connectivity index (χ4v) is 1.16. The molecule has 1 amide bonds. The molecule has 1 aromatic heterocycles. The predicted molar refractivity (Wildman–Crippen MR) is 63.9 cm³/mol. The maximum absolute atomic E-state index is 11.6. The zero-order chi connectivity index (χ0) is 12.7. The highest BCUT2D eigenvalue weighted by Crippen LogP contribution is 2.12. The number of hydrogen-bond donors (Lipinski definition) is 2. The highest BCUT2D eigenvalue weighted by molar-refractivity contribution is 5.96. The van der Waals surface area contributed by atoms with Crippen LogP contribution in [0.15, 0.2) is 30.6 Å². The molecule has 0 aromatic carbocycles. The van der Waals surface area contributed by atoms with Gasteiger partial charge in [0.1, 0.15) is 5.75 Å². The molecule has 5 heteroatoms. The first kappa shape index (κ1) is 13.2. The third kappa shape index (κ3) is 4.65. The van der Waals surface area contributed by atoms with Crippen LogP contribution in [0.1, 0.15) is 17.3 Å². The van der Waals surface area contributed by atoms with Crippen LogP contribution >= 0.6 is 0 Å². The highest BCUT2D eigenvalue weighted by atomic mass is 16.5. The van der Waals surface area contributed by atoms with Gasteiger partial charge < -0.3 is 15.2 Å². The van der Waals surface area contributed by atoms with Crippen molar-refractivity contribution in [3.05, 3.63) is 36.2 Å². The zero-order valence-electron chi connectivity index (χ0n) is 9.77. The molecule has 0 radical (unpaired) electrons. The van der Waals surface area contributed by atoms with Crippen molar-refractivity contribution in [3.63, 3.8) is 0 Å². The smallest absolute Gasteiger partial charge is 0.255 e. The number of nitrogens with one attached hydrogen (secondary N) is 1. The average molecular weight is 236 g/mol. The normalized spacial score (nSPS) is 9.94. The Morgan fingerprint density at radius 2 is 2.41 bits per heavy atom. The van der Waals surface area contributed by atoms with E-state index in [1.54, 1.807) is 0 Å². The van der Waals surface area contributed by atoms with Crippen molar-refractivity contribution >= 4 is 5.91 Å². The summed E-state index contributed by atoms with van der Waals surface area (Å²) >= 11 is 0. The summed E-state index contributed by atoms with van der Waals surface area (Å²) in [5.74, 6) is -0.475. The Kier molecular flexibility index (Phi) is 5.16. The van der Waals surface area contributed by atoms with Gasteiger partial charge in [0.05, 0.1) is 25.0 Å². The van der Waals surface area contributed by atoms with Gasteiger partial charge >= 0.3 is 0 Å². The minimum atomic E-state index is -0.344. The lowest BCUT2D eigenvalue weighted by Gasteiger charge is -2.07. The molecule has 0 fully saturated rings. The summed E-state index contributed by atoms with van der Waals surface area (Å²) in [6, 6.07) is 1.46. The Labute approximate surface area is 100 Å². The summed E-state index contributed by atoms with van der Waals surface area (Å²) in [4.78, 5) is 15.3. The number of rotatable bonds is 6. The van der Waals surface area contributed by atoms with Gasteiger partial charge in [-0.2, -0.15) is 0 Å². The lowest BCUT2D eigenvalue weighted by atomic mass is 10.2. The predicted octanol–water partition coefficient (Wildman–Crippen LogP) is 1.11. The first-order chi connectivity index (χ1) is 8.11. The third-order valence-electron chi connectivity index (χ3n) is 1.93. The summed E-state index contributed by atoms with van der Waals surface area (Å²) in [6.07, 6.45) is 2.68. The molecule has 92 valence electrons. The van der Waals surface area contributed by atoms with Crippen LogP contribution in [0, 0.1) is 0 Å². The van der Waals surface area contributed by atoms with Crippen molar-refractivity contribution in [2.24, 2.45) is 0 Å². The van der Waals surface area contributed by atoms with Gasteiger partial charge in [-0.3, -0.25) is 9.78 Å². The van der Waals surface area contributed by atoms with Crippen LogP contribution < -0.4 is 5.32 Å². The number of carbonyl (C=O) groups excluding carboxylic acids is 1. The molecular weight excluding hydrogens is 220 g/mol. The second kappa shape index (κ2) is 6.65. The van der Waals surface area contributed by atoms with Crippen LogP contribution in [-0.4, -0.2) is 35.8 Å². The summed E-state index contributed by atoms with van der Waals surface area (Å²) in [5, 5.41) is 12.0. The Morgan fingerprint density at radius 1 is 1.65 bits per heavy atom. The topological polar surface area (TPSA) is 71.5 Å². The molecule has 0 atom stereocenters. The van der Waals surface area contributed by atoms with E-state index in [2.05, 4.69) is 16.9 Å². The highest BCUT2D eigenvalue weighted by Gasteiger charge is 2.09. The van der Waals surface area contributed by atoms with Crippen molar-refractivity contribution in [1.82, 2.24) is 10.3 Å². The van der Waals surface area contributed by atoms with E-state index in [0.29, 0.717) is 19.8 Å². The van der Waals surface area contributed by atoms with Crippen LogP contribution in [0.2, 0.25) is 0 Å². The number of amides is 1. The Hall–Kier alpha value is -1.88. The summed E-state index contributed by atoms with van der Waals surface area (Å²) < 4.78 is 5.22. The van der Waals surface area contributed by atoms with E-state index in [1.165, 1.54) is 18.5 Å². The molecule has 5 nitrogen and oxygen atoms in total. The number of hydrogen-bond acceptors (Lipinski definition) is 4. The van der Waals surface area contributed by atoms with Gasteiger partial charge in [-0.05, 0) is 13.0 Å². The number of pyridine rings is 1. The molecule has 0 spiro atoms. The summed E-state index contributed by atoms with van der Waals surface area (Å²) in [6.45, 7) is 6.84. The Morgan fingerprint density at radius 3 is 3.06 bits per heavy atom. The fraction of sp³-hybridized carbons (Fsp3) is 0.333. The fourth-order valence-electron chi connectivity index (χ4n) is 1.16. The number of aromatic nitrogens is 1. The van der Waals surface area contributed by atoms with Crippen LogP contribution in [0.25, 0.3) is 0 Å². The molecule has 0 aliphatic heterocycles. The van der Waals surface area contributed by atoms with Crippen molar-refractivity contribution < 1.29 is 14.6 Å².